The standard InChI is InChI=1S/C20H17Cl2N3O3S/c1-25(29(27,28)17-8-5-14(21)6-9-17)16-7-10-18(19(22)12-16)20(26)24-13-15-4-2-3-11-23-15/h2-12H,13H2,1H3,(H,24,26). The Hall–Kier alpha value is -2.61. The first-order chi connectivity index (χ1) is 13.8. The molecule has 2 aromatic carbocycles. The molecule has 0 atom stereocenters. The van der Waals surface area contributed by atoms with Crippen LogP contribution in [-0.4, -0.2) is 26.4 Å². The predicted octanol–water partition coefficient (Wildman–Crippen LogP) is 4.14. The summed E-state index contributed by atoms with van der Waals surface area (Å²) in [6.45, 7) is 0.253. The van der Waals surface area contributed by atoms with E-state index >= 15 is 0 Å². The summed E-state index contributed by atoms with van der Waals surface area (Å²) in [5.74, 6) is -0.379. The molecule has 0 aliphatic rings. The Morgan fingerprint density at radius 2 is 1.79 bits per heavy atom. The number of pyridine rings is 1. The Balaban J connectivity index is 1.77. The van der Waals surface area contributed by atoms with E-state index < -0.39 is 10.0 Å². The van der Waals surface area contributed by atoms with E-state index in [1.54, 1.807) is 18.3 Å². The molecular weight excluding hydrogens is 433 g/mol. The number of nitrogens with zero attached hydrogens (tertiary/aromatic N) is 2. The number of carbonyl (C=O) groups is 1. The Bertz CT molecular complexity index is 1120. The van der Waals surface area contributed by atoms with Gasteiger partial charge in [-0.25, -0.2) is 8.42 Å². The van der Waals surface area contributed by atoms with Crippen molar-refractivity contribution in [3.8, 4) is 0 Å². The highest BCUT2D eigenvalue weighted by atomic mass is 35.5. The summed E-state index contributed by atoms with van der Waals surface area (Å²) in [6, 6.07) is 15.7. The molecule has 0 bridgehead atoms. The molecular formula is C20H17Cl2N3O3S. The van der Waals surface area contributed by atoms with Crippen molar-refractivity contribution in [3.63, 3.8) is 0 Å². The normalized spacial score (nSPS) is 11.1. The van der Waals surface area contributed by atoms with Gasteiger partial charge < -0.3 is 5.32 Å². The van der Waals surface area contributed by atoms with Crippen LogP contribution in [-0.2, 0) is 16.6 Å². The first-order valence-corrected chi connectivity index (χ1v) is 10.7. The number of benzene rings is 2. The van der Waals surface area contributed by atoms with Crippen molar-refractivity contribution in [3.05, 3.63) is 88.2 Å². The molecule has 3 rings (SSSR count). The molecule has 6 nitrogen and oxygen atoms in total. The van der Waals surface area contributed by atoms with Crippen molar-refractivity contribution in [2.45, 2.75) is 11.4 Å². The van der Waals surface area contributed by atoms with Gasteiger partial charge in [0.25, 0.3) is 15.9 Å². The maximum Gasteiger partial charge on any atom is 0.264 e. The van der Waals surface area contributed by atoms with Crippen LogP contribution < -0.4 is 9.62 Å². The topological polar surface area (TPSA) is 79.4 Å². The van der Waals surface area contributed by atoms with Gasteiger partial charge in [-0.05, 0) is 54.6 Å². The molecule has 1 aromatic heterocycles. The number of hydrogen-bond donors (Lipinski definition) is 1. The number of nitrogens with one attached hydrogen (secondary N) is 1. The lowest BCUT2D eigenvalue weighted by Crippen LogP contribution is -2.27. The third-order valence-electron chi connectivity index (χ3n) is 4.19. The zero-order chi connectivity index (χ0) is 21.0. The molecule has 29 heavy (non-hydrogen) atoms. The zero-order valence-corrected chi connectivity index (χ0v) is 17.7. The zero-order valence-electron chi connectivity index (χ0n) is 15.3. The number of aromatic nitrogens is 1. The molecule has 0 fully saturated rings. The Morgan fingerprint density at radius 3 is 2.41 bits per heavy atom. The van der Waals surface area contributed by atoms with Gasteiger partial charge in [-0.3, -0.25) is 14.1 Å². The highest BCUT2D eigenvalue weighted by Crippen LogP contribution is 2.27. The fraction of sp³-hybridized carbons (Fsp3) is 0.100. The van der Waals surface area contributed by atoms with Crippen LogP contribution in [0.3, 0.4) is 0 Å². The first kappa shape index (κ1) is 21.1. The second-order valence-electron chi connectivity index (χ2n) is 6.09. The predicted molar refractivity (Wildman–Crippen MR) is 114 cm³/mol. The third-order valence-corrected chi connectivity index (χ3v) is 6.55. The SMILES string of the molecule is CN(c1ccc(C(=O)NCc2ccccn2)c(Cl)c1)S(=O)(=O)c1ccc(Cl)cc1. The van der Waals surface area contributed by atoms with Crippen molar-refractivity contribution in [2.75, 3.05) is 11.4 Å². The summed E-state index contributed by atoms with van der Waals surface area (Å²) < 4.78 is 26.7. The number of carbonyl (C=O) groups excluding carboxylic acids is 1. The smallest absolute Gasteiger partial charge is 0.264 e. The molecule has 3 aromatic rings. The summed E-state index contributed by atoms with van der Waals surface area (Å²) in [5, 5.41) is 3.31. The van der Waals surface area contributed by atoms with Gasteiger partial charge in [-0.15, -0.1) is 0 Å². The van der Waals surface area contributed by atoms with E-state index in [1.165, 1.54) is 49.5 Å². The average molecular weight is 450 g/mol. The number of halogens is 2. The first-order valence-electron chi connectivity index (χ1n) is 8.51. The van der Waals surface area contributed by atoms with E-state index in [0.717, 1.165) is 4.31 Å². The molecule has 9 heteroatoms. The quantitative estimate of drug-likeness (QED) is 0.612. The molecule has 0 unspecified atom stereocenters. The second-order valence-corrected chi connectivity index (χ2v) is 8.91. The fourth-order valence-electron chi connectivity index (χ4n) is 2.56. The minimum Gasteiger partial charge on any atom is -0.346 e. The van der Waals surface area contributed by atoms with Crippen LogP contribution in [0, 0.1) is 0 Å². The molecule has 1 amide bonds. The lowest BCUT2D eigenvalue weighted by molar-refractivity contribution is 0.0950. The molecule has 0 aliphatic heterocycles. The number of hydrogen-bond acceptors (Lipinski definition) is 4. The molecule has 150 valence electrons. The van der Waals surface area contributed by atoms with Gasteiger partial charge in [0.1, 0.15) is 0 Å². The third kappa shape index (κ3) is 4.87. The molecule has 0 saturated carbocycles. The van der Waals surface area contributed by atoms with E-state index in [2.05, 4.69) is 10.3 Å². The average Bonchev–Trinajstić information content (AvgIpc) is 2.72. The van der Waals surface area contributed by atoms with Crippen LogP contribution in [0.25, 0.3) is 0 Å². The van der Waals surface area contributed by atoms with Gasteiger partial charge in [0.15, 0.2) is 0 Å². The van der Waals surface area contributed by atoms with Gasteiger partial charge in [-0.2, -0.15) is 0 Å². The molecule has 1 N–H and O–H groups in total. The van der Waals surface area contributed by atoms with Crippen molar-refractivity contribution in [1.82, 2.24) is 10.3 Å². The van der Waals surface area contributed by atoms with Gasteiger partial charge >= 0.3 is 0 Å². The molecule has 0 radical (unpaired) electrons. The largest absolute Gasteiger partial charge is 0.346 e. The summed E-state index contributed by atoms with van der Waals surface area (Å²) in [6.07, 6.45) is 1.64. The molecule has 1 heterocycles. The lowest BCUT2D eigenvalue weighted by atomic mass is 10.2. The van der Waals surface area contributed by atoms with Crippen LogP contribution in [0.2, 0.25) is 10.0 Å². The maximum atomic E-state index is 12.8. The molecule has 0 saturated heterocycles. The summed E-state index contributed by atoms with van der Waals surface area (Å²) >= 11 is 12.1. The van der Waals surface area contributed by atoms with Crippen molar-refractivity contribution >= 4 is 44.8 Å². The minimum absolute atomic E-state index is 0.0951. The van der Waals surface area contributed by atoms with Gasteiger partial charge in [0.05, 0.1) is 33.4 Å². The number of sulfonamides is 1. The van der Waals surface area contributed by atoms with Crippen LogP contribution in [0.5, 0.6) is 0 Å². The van der Waals surface area contributed by atoms with E-state index in [4.69, 9.17) is 23.2 Å². The Kier molecular flexibility index (Phi) is 6.42. The summed E-state index contributed by atoms with van der Waals surface area (Å²) in [5.41, 5.74) is 1.28. The second kappa shape index (κ2) is 8.82. The lowest BCUT2D eigenvalue weighted by Gasteiger charge is -2.20. The fourth-order valence-corrected chi connectivity index (χ4v) is 4.13. The minimum atomic E-state index is -3.80. The van der Waals surface area contributed by atoms with Gasteiger partial charge in [0, 0.05) is 18.3 Å². The maximum absolute atomic E-state index is 12.8. The van der Waals surface area contributed by atoms with Gasteiger partial charge in [0.2, 0.25) is 0 Å². The number of anilines is 1. The Morgan fingerprint density at radius 1 is 1.07 bits per heavy atom. The number of rotatable bonds is 6. The van der Waals surface area contributed by atoms with Gasteiger partial charge in [-0.1, -0.05) is 29.3 Å². The van der Waals surface area contributed by atoms with Crippen LogP contribution >= 0.6 is 23.2 Å². The van der Waals surface area contributed by atoms with E-state index in [1.807, 2.05) is 6.07 Å². The van der Waals surface area contributed by atoms with Crippen LogP contribution in [0.4, 0.5) is 5.69 Å². The highest BCUT2D eigenvalue weighted by molar-refractivity contribution is 7.92. The summed E-state index contributed by atoms with van der Waals surface area (Å²) in [4.78, 5) is 16.6. The molecule has 0 aliphatic carbocycles. The van der Waals surface area contributed by atoms with E-state index in [-0.39, 0.29) is 27.9 Å². The van der Waals surface area contributed by atoms with E-state index in [0.29, 0.717) is 16.4 Å². The number of amides is 1. The van der Waals surface area contributed by atoms with E-state index in [9.17, 15) is 13.2 Å². The van der Waals surface area contributed by atoms with Crippen molar-refractivity contribution < 1.29 is 13.2 Å². The Labute approximate surface area is 179 Å². The molecule has 0 spiro atoms. The monoisotopic (exact) mass is 449 g/mol. The van der Waals surface area contributed by atoms with Crippen molar-refractivity contribution in [2.24, 2.45) is 0 Å². The van der Waals surface area contributed by atoms with Crippen LogP contribution in [0.15, 0.2) is 71.8 Å². The highest BCUT2D eigenvalue weighted by Gasteiger charge is 2.22. The summed E-state index contributed by atoms with van der Waals surface area (Å²) in [7, 11) is -2.38. The van der Waals surface area contributed by atoms with Crippen molar-refractivity contribution in [1.29, 1.82) is 0 Å². The van der Waals surface area contributed by atoms with Crippen LogP contribution in [0.1, 0.15) is 16.1 Å².